The fraction of sp³-hybridized carbons (Fsp3) is 0.533. The number of rotatable bonds is 4. The Morgan fingerprint density at radius 2 is 2.00 bits per heavy atom. The van der Waals surface area contributed by atoms with Crippen molar-refractivity contribution in [3.05, 3.63) is 34.3 Å². The van der Waals surface area contributed by atoms with Gasteiger partial charge in [0.05, 0.1) is 5.92 Å². The highest BCUT2D eigenvalue weighted by Gasteiger charge is 2.31. The standard InChI is InChI=1S/C15H19BrN2O/c16-13-3-1-11(2-4-13)9-18-8-7-12(10-18)15(19)17-14-5-6-14/h1-4,12,14H,5-10H2,(H,17,19). The van der Waals surface area contributed by atoms with E-state index >= 15 is 0 Å². The lowest BCUT2D eigenvalue weighted by Gasteiger charge is -2.16. The number of nitrogens with zero attached hydrogens (tertiary/aromatic N) is 1. The van der Waals surface area contributed by atoms with Crippen molar-refractivity contribution in [2.45, 2.75) is 31.8 Å². The first-order chi connectivity index (χ1) is 9.20. The third kappa shape index (κ3) is 3.57. The number of likely N-dealkylation sites (tertiary alicyclic amines) is 1. The average Bonchev–Trinajstić information content (AvgIpc) is 3.08. The van der Waals surface area contributed by atoms with E-state index in [0.717, 1.165) is 30.5 Å². The second-order valence-electron chi connectivity index (χ2n) is 5.63. The van der Waals surface area contributed by atoms with Crippen molar-refractivity contribution >= 4 is 21.8 Å². The number of benzene rings is 1. The molecule has 1 saturated carbocycles. The molecule has 1 atom stereocenters. The molecule has 3 nitrogen and oxygen atoms in total. The first-order valence-electron chi connectivity index (χ1n) is 6.98. The first kappa shape index (κ1) is 13.1. The summed E-state index contributed by atoms with van der Waals surface area (Å²) < 4.78 is 1.11. The number of hydrogen-bond donors (Lipinski definition) is 1. The quantitative estimate of drug-likeness (QED) is 0.924. The topological polar surface area (TPSA) is 32.3 Å². The van der Waals surface area contributed by atoms with Gasteiger partial charge in [-0.3, -0.25) is 9.69 Å². The Morgan fingerprint density at radius 1 is 1.26 bits per heavy atom. The van der Waals surface area contributed by atoms with Crippen LogP contribution in [0.4, 0.5) is 0 Å². The summed E-state index contributed by atoms with van der Waals surface area (Å²) in [6.45, 7) is 2.87. The number of amides is 1. The molecule has 0 spiro atoms. The summed E-state index contributed by atoms with van der Waals surface area (Å²) in [6.07, 6.45) is 3.33. The summed E-state index contributed by atoms with van der Waals surface area (Å²) in [5.74, 6) is 0.455. The van der Waals surface area contributed by atoms with Crippen molar-refractivity contribution < 1.29 is 4.79 Å². The minimum absolute atomic E-state index is 0.191. The van der Waals surface area contributed by atoms with E-state index in [9.17, 15) is 4.79 Å². The molecule has 3 rings (SSSR count). The number of nitrogens with one attached hydrogen (secondary N) is 1. The van der Waals surface area contributed by atoms with Crippen LogP contribution < -0.4 is 5.32 Å². The van der Waals surface area contributed by atoms with Crippen molar-refractivity contribution in [2.24, 2.45) is 5.92 Å². The molecule has 1 unspecified atom stereocenters. The third-order valence-corrected chi connectivity index (χ3v) is 4.42. The maximum Gasteiger partial charge on any atom is 0.224 e. The SMILES string of the molecule is O=C(NC1CC1)C1CCN(Cc2ccc(Br)cc2)C1. The van der Waals surface area contributed by atoms with Gasteiger partial charge in [-0.15, -0.1) is 0 Å². The molecular weight excluding hydrogens is 304 g/mol. The molecule has 1 saturated heterocycles. The number of carbonyl (C=O) groups is 1. The lowest BCUT2D eigenvalue weighted by Crippen LogP contribution is -2.34. The molecule has 0 aromatic heterocycles. The van der Waals surface area contributed by atoms with E-state index in [4.69, 9.17) is 0 Å². The van der Waals surface area contributed by atoms with Crippen LogP contribution in [0.5, 0.6) is 0 Å². The summed E-state index contributed by atoms with van der Waals surface area (Å²) in [4.78, 5) is 14.4. The van der Waals surface area contributed by atoms with Gasteiger partial charge in [0.1, 0.15) is 0 Å². The summed E-state index contributed by atoms with van der Waals surface area (Å²) in [6, 6.07) is 8.90. The molecular formula is C15H19BrN2O. The van der Waals surface area contributed by atoms with Crippen molar-refractivity contribution in [3.63, 3.8) is 0 Å². The molecule has 1 N–H and O–H groups in total. The van der Waals surface area contributed by atoms with Crippen LogP contribution in [0.25, 0.3) is 0 Å². The molecule has 0 radical (unpaired) electrons. The maximum atomic E-state index is 12.0. The normalized spacial score (nSPS) is 23.5. The van der Waals surface area contributed by atoms with E-state index < -0.39 is 0 Å². The van der Waals surface area contributed by atoms with Crippen LogP contribution in [0.2, 0.25) is 0 Å². The molecule has 1 aromatic rings. The van der Waals surface area contributed by atoms with Gasteiger partial charge in [-0.05, 0) is 43.5 Å². The van der Waals surface area contributed by atoms with Crippen LogP contribution in [-0.2, 0) is 11.3 Å². The van der Waals surface area contributed by atoms with Gasteiger partial charge in [0.2, 0.25) is 5.91 Å². The molecule has 4 heteroatoms. The highest BCUT2D eigenvalue weighted by molar-refractivity contribution is 9.10. The second-order valence-corrected chi connectivity index (χ2v) is 6.55. The van der Waals surface area contributed by atoms with E-state index in [-0.39, 0.29) is 11.8 Å². The van der Waals surface area contributed by atoms with Crippen LogP contribution in [0.3, 0.4) is 0 Å². The molecule has 0 bridgehead atoms. The predicted octanol–water partition coefficient (Wildman–Crippen LogP) is 2.55. The summed E-state index contributed by atoms with van der Waals surface area (Å²) >= 11 is 3.45. The highest BCUT2D eigenvalue weighted by atomic mass is 79.9. The van der Waals surface area contributed by atoms with Crippen LogP contribution in [0.1, 0.15) is 24.8 Å². The maximum absolute atomic E-state index is 12.0. The van der Waals surface area contributed by atoms with Crippen LogP contribution >= 0.6 is 15.9 Å². The minimum atomic E-state index is 0.191. The molecule has 19 heavy (non-hydrogen) atoms. The Bertz CT molecular complexity index is 456. The Kier molecular flexibility index (Phi) is 3.89. The van der Waals surface area contributed by atoms with Crippen molar-refractivity contribution in [2.75, 3.05) is 13.1 Å². The fourth-order valence-electron chi connectivity index (χ4n) is 2.58. The molecule has 1 heterocycles. The van der Waals surface area contributed by atoms with E-state index in [0.29, 0.717) is 6.04 Å². The highest BCUT2D eigenvalue weighted by Crippen LogP contribution is 2.23. The van der Waals surface area contributed by atoms with Gasteiger partial charge >= 0.3 is 0 Å². The molecule has 1 aliphatic heterocycles. The number of carbonyl (C=O) groups excluding carboxylic acids is 1. The van der Waals surface area contributed by atoms with Gasteiger partial charge in [-0.1, -0.05) is 28.1 Å². The Labute approximate surface area is 122 Å². The van der Waals surface area contributed by atoms with E-state index in [1.54, 1.807) is 0 Å². The largest absolute Gasteiger partial charge is 0.353 e. The van der Waals surface area contributed by atoms with E-state index in [2.05, 4.69) is 50.4 Å². The lowest BCUT2D eigenvalue weighted by molar-refractivity contribution is -0.124. The van der Waals surface area contributed by atoms with Gasteiger partial charge in [-0.25, -0.2) is 0 Å². The van der Waals surface area contributed by atoms with Crippen molar-refractivity contribution in [1.29, 1.82) is 0 Å². The summed E-state index contributed by atoms with van der Waals surface area (Å²) in [5, 5.41) is 3.12. The Hall–Kier alpha value is -0.870. The van der Waals surface area contributed by atoms with Crippen LogP contribution in [-0.4, -0.2) is 29.9 Å². The molecule has 1 aromatic carbocycles. The minimum Gasteiger partial charge on any atom is -0.353 e. The van der Waals surface area contributed by atoms with Gasteiger partial charge in [0.15, 0.2) is 0 Å². The predicted molar refractivity (Wildman–Crippen MR) is 78.7 cm³/mol. The number of hydrogen-bond acceptors (Lipinski definition) is 2. The lowest BCUT2D eigenvalue weighted by atomic mass is 10.1. The van der Waals surface area contributed by atoms with Gasteiger partial charge in [0, 0.05) is 23.6 Å². The second kappa shape index (κ2) is 5.63. The zero-order valence-electron chi connectivity index (χ0n) is 10.9. The van der Waals surface area contributed by atoms with Gasteiger partial charge < -0.3 is 5.32 Å². The first-order valence-corrected chi connectivity index (χ1v) is 7.77. The molecule has 1 aliphatic carbocycles. The van der Waals surface area contributed by atoms with Gasteiger partial charge in [-0.2, -0.15) is 0 Å². The zero-order valence-corrected chi connectivity index (χ0v) is 12.5. The zero-order chi connectivity index (χ0) is 13.2. The van der Waals surface area contributed by atoms with Crippen molar-refractivity contribution in [1.82, 2.24) is 10.2 Å². The average molecular weight is 323 g/mol. The van der Waals surface area contributed by atoms with Gasteiger partial charge in [0.25, 0.3) is 0 Å². The summed E-state index contributed by atoms with van der Waals surface area (Å²) in [7, 11) is 0. The van der Waals surface area contributed by atoms with Crippen molar-refractivity contribution in [3.8, 4) is 0 Å². The summed E-state index contributed by atoms with van der Waals surface area (Å²) in [5.41, 5.74) is 1.31. The smallest absolute Gasteiger partial charge is 0.224 e. The van der Waals surface area contributed by atoms with Crippen LogP contribution in [0, 0.1) is 5.92 Å². The molecule has 102 valence electrons. The monoisotopic (exact) mass is 322 g/mol. The molecule has 1 amide bonds. The Morgan fingerprint density at radius 3 is 2.68 bits per heavy atom. The van der Waals surface area contributed by atoms with Crippen LogP contribution in [0.15, 0.2) is 28.7 Å². The Balaban J connectivity index is 1.50. The molecule has 2 fully saturated rings. The molecule has 2 aliphatic rings. The van der Waals surface area contributed by atoms with E-state index in [1.165, 1.54) is 18.4 Å². The van der Waals surface area contributed by atoms with E-state index in [1.807, 2.05) is 0 Å². The fourth-order valence-corrected chi connectivity index (χ4v) is 2.85. The number of halogens is 1. The third-order valence-electron chi connectivity index (χ3n) is 3.89.